The highest BCUT2D eigenvalue weighted by atomic mass is 79.9. The van der Waals surface area contributed by atoms with Gasteiger partial charge < -0.3 is 25.2 Å². The third-order valence-corrected chi connectivity index (χ3v) is 9.82. The average Bonchev–Trinajstić information content (AvgIpc) is 3.49. The Hall–Kier alpha value is -3.75. The van der Waals surface area contributed by atoms with E-state index in [2.05, 4.69) is 84.5 Å². The standard InChI is InChI=1S/C31H40BrN9O3S/c1-8-20-15-25(27(44-6)16-26(20)40-14-11-21(18-40)39(4)5)37-31-35-17-22(32)30(38-31)36-24-10-9-23-28(34-13-12-33-23)29(24)41(19(2)3)45(7,42)43/h9-10,12-13,15-17,19,21H,8,11,14,18H2,1-7H3,(H2,35,36,37,38). The molecule has 2 aromatic carbocycles. The number of aromatic nitrogens is 4. The first-order chi connectivity index (χ1) is 21.4. The minimum absolute atomic E-state index is 0.341. The van der Waals surface area contributed by atoms with Gasteiger partial charge in [0.1, 0.15) is 22.8 Å². The first kappa shape index (κ1) is 32.6. The lowest BCUT2D eigenvalue weighted by molar-refractivity contribution is 0.315. The van der Waals surface area contributed by atoms with Crippen molar-refractivity contribution in [1.29, 1.82) is 0 Å². The predicted octanol–water partition coefficient (Wildman–Crippen LogP) is 5.56. The van der Waals surface area contributed by atoms with E-state index >= 15 is 0 Å². The molecule has 240 valence electrons. The Morgan fingerprint density at radius 2 is 1.87 bits per heavy atom. The number of ether oxygens (including phenoxy) is 1. The minimum Gasteiger partial charge on any atom is -0.494 e. The maximum atomic E-state index is 13.0. The van der Waals surface area contributed by atoms with Crippen LogP contribution >= 0.6 is 15.9 Å². The zero-order chi connectivity index (χ0) is 32.5. The molecule has 0 aliphatic carbocycles. The van der Waals surface area contributed by atoms with Gasteiger partial charge in [0.2, 0.25) is 16.0 Å². The van der Waals surface area contributed by atoms with E-state index in [1.165, 1.54) is 21.8 Å². The SMILES string of the molecule is CCc1cc(Nc2ncc(Br)c(Nc3ccc4nccnc4c3N(C(C)C)S(C)(=O)=O)n2)c(OC)cc1N1CCC(N(C)C)C1. The van der Waals surface area contributed by atoms with E-state index in [1.54, 1.807) is 37.8 Å². The van der Waals surface area contributed by atoms with Gasteiger partial charge in [-0.05, 0) is 80.5 Å². The molecule has 1 aliphatic rings. The number of benzene rings is 2. The largest absolute Gasteiger partial charge is 0.494 e. The molecule has 12 nitrogen and oxygen atoms in total. The molecule has 0 amide bonds. The van der Waals surface area contributed by atoms with Crippen LogP contribution in [0.2, 0.25) is 0 Å². The van der Waals surface area contributed by atoms with Crippen molar-refractivity contribution >= 4 is 71.5 Å². The van der Waals surface area contributed by atoms with Crippen LogP contribution in [0.25, 0.3) is 11.0 Å². The van der Waals surface area contributed by atoms with Crippen LogP contribution in [0, 0.1) is 0 Å². The minimum atomic E-state index is -3.67. The van der Waals surface area contributed by atoms with Gasteiger partial charge in [0, 0.05) is 55.5 Å². The third kappa shape index (κ3) is 6.92. The number of sulfonamides is 1. The van der Waals surface area contributed by atoms with Crippen molar-refractivity contribution in [3.05, 3.63) is 52.9 Å². The molecule has 14 heteroatoms. The maximum absolute atomic E-state index is 13.0. The molecule has 1 atom stereocenters. The summed E-state index contributed by atoms with van der Waals surface area (Å²) in [4.78, 5) is 22.9. The van der Waals surface area contributed by atoms with Crippen molar-refractivity contribution in [3.8, 4) is 5.75 Å². The fourth-order valence-corrected chi connectivity index (χ4v) is 7.33. The monoisotopic (exact) mass is 697 g/mol. The average molecular weight is 699 g/mol. The number of aryl methyl sites for hydroxylation is 1. The molecule has 2 N–H and O–H groups in total. The summed E-state index contributed by atoms with van der Waals surface area (Å²) in [6.45, 7) is 7.74. The first-order valence-electron chi connectivity index (χ1n) is 14.8. The van der Waals surface area contributed by atoms with Crippen molar-refractivity contribution in [3.63, 3.8) is 0 Å². The number of hydrogen-bond donors (Lipinski definition) is 2. The number of likely N-dealkylation sites (N-methyl/N-ethyl adjacent to an activating group) is 1. The number of fused-ring (bicyclic) bond motifs is 1. The van der Waals surface area contributed by atoms with Crippen molar-refractivity contribution in [1.82, 2.24) is 24.8 Å². The summed E-state index contributed by atoms with van der Waals surface area (Å²) in [6.07, 6.45) is 7.92. The highest BCUT2D eigenvalue weighted by Crippen LogP contribution is 2.40. The van der Waals surface area contributed by atoms with Gasteiger partial charge in [-0.1, -0.05) is 6.92 Å². The maximum Gasteiger partial charge on any atom is 0.232 e. The molecule has 0 saturated carbocycles. The van der Waals surface area contributed by atoms with Crippen LogP contribution in [0.4, 0.5) is 34.5 Å². The molecule has 5 rings (SSSR count). The molecule has 2 aromatic heterocycles. The molecule has 3 heterocycles. The number of hydrogen-bond acceptors (Lipinski definition) is 11. The van der Waals surface area contributed by atoms with Gasteiger partial charge in [-0.3, -0.25) is 14.3 Å². The van der Waals surface area contributed by atoms with E-state index in [0.717, 1.165) is 31.6 Å². The summed E-state index contributed by atoms with van der Waals surface area (Å²) >= 11 is 3.56. The second kappa shape index (κ2) is 13.3. The van der Waals surface area contributed by atoms with Gasteiger partial charge in [-0.2, -0.15) is 4.98 Å². The fraction of sp³-hybridized carbons (Fsp3) is 0.419. The number of nitrogens with one attached hydrogen (secondary N) is 2. The van der Waals surface area contributed by atoms with Gasteiger partial charge in [0.15, 0.2) is 0 Å². The van der Waals surface area contributed by atoms with E-state index in [-0.39, 0.29) is 6.04 Å². The summed E-state index contributed by atoms with van der Waals surface area (Å²) in [6, 6.07) is 7.90. The normalized spacial score (nSPS) is 15.2. The number of nitrogens with zero attached hydrogens (tertiary/aromatic N) is 7. The second-order valence-electron chi connectivity index (χ2n) is 11.6. The van der Waals surface area contributed by atoms with Gasteiger partial charge in [-0.25, -0.2) is 13.4 Å². The molecular formula is C31H40BrN9O3S. The summed E-state index contributed by atoms with van der Waals surface area (Å²) in [5.74, 6) is 1.47. The van der Waals surface area contributed by atoms with Crippen LogP contribution in [0.15, 0.2) is 47.3 Å². The van der Waals surface area contributed by atoms with Gasteiger partial charge in [0.25, 0.3) is 0 Å². The van der Waals surface area contributed by atoms with Crippen LogP contribution in [0.1, 0.15) is 32.8 Å². The molecule has 1 unspecified atom stereocenters. The quantitative estimate of drug-likeness (QED) is 0.205. The molecule has 1 fully saturated rings. The zero-order valence-electron chi connectivity index (χ0n) is 26.7. The lowest BCUT2D eigenvalue weighted by atomic mass is 10.1. The molecular weight excluding hydrogens is 658 g/mol. The van der Waals surface area contributed by atoms with Crippen LogP contribution < -0.4 is 24.6 Å². The highest BCUT2D eigenvalue weighted by Gasteiger charge is 2.28. The third-order valence-electron chi connectivity index (χ3n) is 7.92. The Bertz CT molecular complexity index is 1800. The lowest BCUT2D eigenvalue weighted by Crippen LogP contribution is -2.36. The Morgan fingerprint density at radius 1 is 1.11 bits per heavy atom. The smallest absolute Gasteiger partial charge is 0.232 e. The molecule has 1 aliphatic heterocycles. The predicted molar refractivity (Wildman–Crippen MR) is 185 cm³/mol. The van der Waals surface area contributed by atoms with Crippen molar-refractivity contribution in [2.24, 2.45) is 0 Å². The molecule has 45 heavy (non-hydrogen) atoms. The Kier molecular flexibility index (Phi) is 9.65. The van der Waals surface area contributed by atoms with Crippen LogP contribution in [0.3, 0.4) is 0 Å². The molecule has 0 spiro atoms. The van der Waals surface area contributed by atoms with Crippen LogP contribution in [-0.4, -0.2) is 85.9 Å². The number of methoxy groups -OCH3 is 1. The van der Waals surface area contributed by atoms with E-state index < -0.39 is 10.0 Å². The van der Waals surface area contributed by atoms with E-state index in [1.807, 2.05) is 13.8 Å². The number of halogens is 1. The number of rotatable bonds is 11. The fourth-order valence-electron chi connectivity index (χ4n) is 5.76. The van der Waals surface area contributed by atoms with Gasteiger partial charge in [0.05, 0.1) is 34.7 Å². The van der Waals surface area contributed by atoms with Crippen molar-refractivity contribution < 1.29 is 13.2 Å². The number of anilines is 6. The van der Waals surface area contributed by atoms with Gasteiger partial charge >= 0.3 is 0 Å². The summed E-state index contributed by atoms with van der Waals surface area (Å²) < 4.78 is 33.8. The molecule has 1 saturated heterocycles. The highest BCUT2D eigenvalue weighted by molar-refractivity contribution is 9.10. The van der Waals surface area contributed by atoms with E-state index in [4.69, 9.17) is 9.72 Å². The Balaban J connectivity index is 1.51. The Morgan fingerprint density at radius 3 is 2.51 bits per heavy atom. The van der Waals surface area contributed by atoms with Crippen molar-refractivity contribution in [2.45, 2.75) is 45.7 Å². The van der Waals surface area contributed by atoms with Crippen molar-refractivity contribution in [2.75, 3.05) is 60.4 Å². The molecule has 0 radical (unpaired) electrons. The molecule has 4 aromatic rings. The second-order valence-corrected chi connectivity index (χ2v) is 14.3. The van der Waals surface area contributed by atoms with Gasteiger partial charge in [-0.15, -0.1) is 0 Å². The first-order valence-corrected chi connectivity index (χ1v) is 17.5. The molecule has 0 bridgehead atoms. The van der Waals surface area contributed by atoms with E-state index in [9.17, 15) is 8.42 Å². The summed E-state index contributed by atoms with van der Waals surface area (Å²) in [5, 5.41) is 6.67. The van der Waals surface area contributed by atoms with Crippen LogP contribution in [-0.2, 0) is 16.4 Å². The topological polar surface area (TPSA) is 129 Å². The summed E-state index contributed by atoms with van der Waals surface area (Å²) in [7, 11) is 2.25. The van der Waals surface area contributed by atoms with E-state index in [0.29, 0.717) is 50.4 Å². The van der Waals surface area contributed by atoms with Crippen LogP contribution in [0.5, 0.6) is 5.75 Å². The summed E-state index contributed by atoms with van der Waals surface area (Å²) in [5.41, 5.74) is 5.05. The zero-order valence-corrected chi connectivity index (χ0v) is 29.1. The lowest BCUT2D eigenvalue weighted by Gasteiger charge is -2.29. The Labute approximate surface area is 273 Å².